The molecule has 0 amide bonds. The van der Waals surface area contributed by atoms with Gasteiger partial charge in [0.15, 0.2) is 0 Å². The van der Waals surface area contributed by atoms with Gasteiger partial charge >= 0.3 is 0 Å². The van der Waals surface area contributed by atoms with Gasteiger partial charge in [-0.05, 0) is 29.5 Å². The number of nitrogens with zero attached hydrogens (tertiary/aromatic N) is 4. The largest absolute Gasteiger partial charge is 0.348 e. The molecule has 6 nitrogen and oxygen atoms in total. The highest BCUT2D eigenvalue weighted by Crippen LogP contribution is 2.28. The second kappa shape index (κ2) is 8.24. The van der Waals surface area contributed by atoms with E-state index in [2.05, 4.69) is 36.1 Å². The molecule has 3 aromatic rings. The Bertz CT molecular complexity index is 1160. The zero-order chi connectivity index (χ0) is 23.1. The summed E-state index contributed by atoms with van der Waals surface area (Å²) in [6, 6.07) is 11.1. The van der Waals surface area contributed by atoms with E-state index in [-0.39, 0.29) is 30.1 Å². The van der Waals surface area contributed by atoms with Gasteiger partial charge < -0.3 is 5.32 Å². The summed E-state index contributed by atoms with van der Waals surface area (Å²) in [7, 11) is 0. The summed E-state index contributed by atoms with van der Waals surface area (Å²) in [6.45, 7) is 8.98. The molecule has 8 heteroatoms. The topological polar surface area (TPSA) is 63.1 Å². The van der Waals surface area contributed by atoms with Crippen molar-refractivity contribution < 1.29 is 8.78 Å². The van der Waals surface area contributed by atoms with Crippen molar-refractivity contribution in [3.05, 3.63) is 64.1 Å². The number of halogens is 2. The van der Waals surface area contributed by atoms with Gasteiger partial charge in [-0.3, -0.25) is 14.3 Å². The molecule has 1 aliphatic rings. The van der Waals surface area contributed by atoms with Crippen molar-refractivity contribution in [1.29, 1.82) is 0 Å². The molecule has 0 spiro atoms. The van der Waals surface area contributed by atoms with Gasteiger partial charge in [-0.15, -0.1) is 0 Å². The van der Waals surface area contributed by atoms with Crippen LogP contribution < -0.4 is 10.9 Å². The maximum atomic E-state index is 13.0. The van der Waals surface area contributed by atoms with Gasteiger partial charge in [0.2, 0.25) is 5.95 Å². The summed E-state index contributed by atoms with van der Waals surface area (Å²) < 4.78 is 27.7. The normalized spacial score (nSPS) is 17.2. The quantitative estimate of drug-likeness (QED) is 0.612. The number of anilines is 1. The van der Waals surface area contributed by atoms with Gasteiger partial charge in [0, 0.05) is 30.7 Å². The lowest BCUT2D eigenvalue weighted by atomic mass is 9.97. The number of likely N-dealkylation sites (tertiary alicyclic amines) is 1. The molecule has 170 valence electrons. The summed E-state index contributed by atoms with van der Waals surface area (Å²) in [4.78, 5) is 23.3. The highest BCUT2D eigenvalue weighted by molar-refractivity contribution is 5.75. The van der Waals surface area contributed by atoms with E-state index in [1.807, 2.05) is 31.2 Å². The minimum absolute atomic E-state index is 0.0682. The van der Waals surface area contributed by atoms with E-state index in [0.717, 1.165) is 16.5 Å². The maximum absolute atomic E-state index is 13.0. The van der Waals surface area contributed by atoms with Gasteiger partial charge in [0.1, 0.15) is 5.65 Å². The van der Waals surface area contributed by atoms with Crippen LogP contribution in [0, 0.1) is 5.41 Å². The van der Waals surface area contributed by atoms with Crippen LogP contribution in [-0.4, -0.2) is 38.4 Å². The number of alkyl halides is 2. The van der Waals surface area contributed by atoms with Crippen LogP contribution in [0.4, 0.5) is 14.7 Å². The first-order chi connectivity index (χ1) is 15.0. The molecule has 1 atom stereocenters. The molecule has 32 heavy (non-hydrogen) atoms. The van der Waals surface area contributed by atoms with E-state index < -0.39 is 5.92 Å². The summed E-state index contributed by atoms with van der Waals surface area (Å²) >= 11 is 0. The highest BCUT2D eigenvalue weighted by Gasteiger charge is 2.43. The average molecular weight is 442 g/mol. The fraction of sp³-hybridized carbons (Fsp3) is 0.458. The minimum atomic E-state index is -2.55. The SMILES string of the molecule is CC(Nc1ncc2ccc(=O)n(CC(C)(C)C)c2n1)c1ccc(CN2CC(F)(F)C2)cc1. The molecule has 1 saturated heterocycles. The van der Waals surface area contributed by atoms with E-state index in [4.69, 9.17) is 0 Å². The molecular weight excluding hydrogens is 412 g/mol. The molecule has 1 N–H and O–H groups in total. The molecule has 2 aromatic heterocycles. The lowest BCUT2D eigenvalue weighted by molar-refractivity contribution is -0.133. The van der Waals surface area contributed by atoms with Crippen molar-refractivity contribution in [2.24, 2.45) is 5.41 Å². The van der Waals surface area contributed by atoms with E-state index in [0.29, 0.717) is 24.7 Å². The lowest BCUT2D eigenvalue weighted by Crippen LogP contribution is -2.55. The highest BCUT2D eigenvalue weighted by atomic mass is 19.3. The van der Waals surface area contributed by atoms with Gasteiger partial charge in [-0.2, -0.15) is 4.98 Å². The van der Waals surface area contributed by atoms with E-state index >= 15 is 0 Å². The number of hydrogen-bond donors (Lipinski definition) is 1. The number of nitrogens with one attached hydrogen (secondary N) is 1. The molecule has 4 rings (SSSR count). The second-order valence-corrected chi connectivity index (χ2v) is 9.90. The number of pyridine rings is 1. The predicted molar refractivity (Wildman–Crippen MR) is 122 cm³/mol. The molecule has 1 fully saturated rings. The second-order valence-electron chi connectivity index (χ2n) is 9.90. The number of benzene rings is 1. The van der Waals surface area contributed by atoms with E-state index in [9.17, 15) is 13.6 Å². The molecule has 0 aliphatic carbocycles. The van der Waals surface area contributed by atoms with Crippen molar-refractivity contribution >= 4 is 17.0 Å². The average Bonchev–Trinajstić information content (AvgIpc) is 2.68. The van der Waals surface area contributed by atoms with Gasteiger partial charge in [-0.1, -0.05) is 45.0 Å². The summed E-state index contributed by atoms with van der Waals surface area (Å²) in [5, 5.41) is 4.12. The van der Waals surface area contributed by atoms with Gasteiger partial charge in [-0.25, -0.2) is 13.8 Å². The number of aromatic nitrogens is 3. The Morgan fingerprint density at radius 2 is 1.81 bits per heavy atom. The van der Waals surface area contributed by atoms with Gasteiger partial charge in [0.05, 0.1) is 19.1 Å². The Labute approximate surface area is 186 Å². The molecule has 0 saturated carbocycles. The fourth-order valence-corrected chi connectivity index (χ4v) is 3.93. The first-order valence-corrected chi connectivity index (χ1v) is 10.8. The zero-order valence-electron chi connectivity index (χ0n) is 18.9. The van der Waals surface area contributed by atoms with Crippen LogP contribution in [0.5, 0.6) is 0 Å². The van der Waals surface area contributed by atoms with Gasteiger partial charge in [0.25, 0.3) is 11.5 Å². The molecule has 3 heterocycles. The van der Waals surface area contributed by atoms with Crippen molar-refractivity contribution in [2.45, 2.75) is 52.7 Å². The predicted octanol–water partition coefficient (Wildman–Crippen LogP) is 4.46. The third-order valence-corrected chi connectivity index (χ3v) is 5.50. The van der Waals surface area contributed by atoms with Crippen molar-refractivity contribution in [1.82, 2.24) is 19.4 Å². The zero-order valence-corrected chi connectivity index (χ0v) is 18.9. The van der Waals surface area contributed by atoms with Crippen LogP contribution in [0.2, 0.25) is 0 Å². The Balaban J connectivity index is 1.49. The first-order valence-electron chi connectivity index (χ1n) is 10.8. The van der Waals surface area contributed by atoms with Crippen LogP contribution in [-0.2, 0) is 13.1 Å². The first kappa shape index (κ1) is 22.3. The Hall–Kier alpha value is -2.87. The molecule has 0 radical (unpaired) electrons. The maximum Gasteiger partial charge on any atom is 0.272 e. The molecule has 1 aromatic carbocycles. The summed E-state index contributed by atoms with van der Waals surface area (Å²) in [6.07, 6.45) is 1.72. The number of fused-ring (bicyclic) bond motifs is 1. The smallest absolute Gasteiger partial charge is 0.272 e. The molecule has 1 aliphatic heterocycles. The van der Waals surface area contributed by atoms with E-state index in [1.165, 1.54) is 0 Å². The van der Waals surface area contributed by atoms with Crippen molar-refractivity contribution in [2.75, 3.05) is 18.4 Å². The van der Waals surface area contributed by atoms with Crippen LogP contribution >= 0.6 is 0 Å². The van der Waals surface area contributed by atoms with Crippen LogP contribution in [0.15, 0.2) is 47.4 Å². The number of rotatable bonds is 6. The van der Waals surface area contributed by atoms with Crippen LogP contribution in [0.1, 0.15) is 44.9 Å². The summed E-state index contributed by atoms with van der Waals surface area (Å²) in [5.74, 6) is -2.10. The van der Waals surface area contributed by atoms with Crippen LogP contribution in [0.25, 0.3) is 11.0 Å². The number of hydrogen-bond acceptors (Lipinski definition) is 5. The van der Waals surface area contributed by atoms with Crippen molar-refractivity contribution in [3.63, 3.8) is 0 Å². The Morgan fingerprint density at radius 1 is 1.12 bits per heavy atom. The Kier molecular flexibility index (Phi) is 5.75. The standard InChI is InChI=1S/C24H29F2N5O/c1-16(18-7-5-17(6-8-18)12-30-14-24(25,26)15-30)28-22-27-11-19-9-10-20(32)31(21(19)29-22)13-23(2,3)4/h5-11,16H,12-15H2,1-4H3,(H,27,28,29). The summed E-state index contributed by atoms with van der Waals surface area (Å²) in [5.41, 5.74) is 2.49. The van der Waals surface area contributed by atoms with Crippen molar-refractivity contribution in [3.8, 4) is 0 Å². The molecule has 0 bridgehead atoms. The molecular formula is C24H29F2N5O. The molecule has 1 unspecified atom stereocenters. The lowest BCUT2D eigenvalue weighted by Gasteiger charge is -2.38. The fourth-order valence-electron chi connectivity index (χ4n) is 3.93. The monoisotopic (exact) mass is 441 g/mol. The third-order valence-electron chi connectivity index (χ3n) is 5.50. The third kappa shape index (κ3) is 5.12. The van der Waals surface area contributed by atoms with Crippen LogP contribution in [0.3, 0.4) is 0 Å². The minimum Gasteiger partial charge on any atom is -0.348 e. The van der Waals surface area contributed by atoms with E-state index in [1.54, 1.807) is 27.8 Å². The Morgan fingerprint density at radius 3 is 2.44 bits per heavy atom.